The summed E-state index contributed by atoms with van der Waals surface area (Å²) in [4.78, 5) is 13.8. The van der Waals surface area contributed by atoms with Crippen molar-refractivity contribution in [2.45, 2.75) is 57.7 Å². The Labute approximate surface area is 136 Å². The molecule has 0 aliphatic carbocycles. The predicted octanol–water partition coefficient (Wildman–Crippen LogP) is 3.38. The van der Waals surface area contributed by atoms with E-state index in [9.17, 15) is 18.0 Å². The van der Waals surface area contributed by atoms with Crippen molar-refractivity contribution in [3.8, 4) is 0 Å². The summed E-state index contributed by atoms with van der Waals surface area (Å²) >= 11 is 0. The summed E-state index contributed by atoms with van der Waals surface area (Å²) in [6, 6.07) is 0. The first-order chi connectivity index (χ1) is 9.73. The van der Waals surface area contributed by atoms with Crippen molar-refractivity contribution in [2.75, 3.05) is 19.6 Å². The first-order valence-electron chi connectivity index (χ1n) is 7.81. The molecule has 2 saturated heterocycles. The molecule has 22 heavy (non-hydrogen) atoms. The van der Waals surface area contributed by atoms with Crippen molar-refractivity contribution in [2.24, 2.45) is 11.8 Å². The average molecular weight is 343 g/mol. The second kappa shape index (κ2) is 7.39. The van der Waals surface area contributed by atoms with E-state index in [4.69, 9.17) is 0 Å². The molecule has 2 fully saturated rings. The number of alkyl halides is 3. The van der Waals surface area contributed by atoms with E-state index in [-0.39, 0.29) is 31.3 Å². The maximum atomic E-state index is 13.0. The Kier molecular flexibility index (Phi) is 6.57. The molecule has 1 N–H and O–H groups in total. The number of nitrogens with one attached hydrogen (secondary N) is 1. The van der Waals surface area contributed by atoms with Gasteiger partial charge in [-0.25, -0.2) is 0 Å². The van der Waals surface area contributed by atoms with Crippen molar-refractivity contribution < 1.29 is 18.0 Å². The van der Waals surface area contributed by atoms with E-state index in [1.54, 1.807) is 13.8 Å². The van der Waals surface area contributed by atoms with Crippen LogP contribution in [0.3, 0.4) is 0 Å². The van der Waals surface area contributed by atoms with Crippen molar-refractivity contribution in [1.29, 1.82) is 0 Å². The highest BCUT2D eigenvalue weighted by Gasteiger charge is 2.55. The molecule has 2 aliphatic rings. The highest BCUT2D eigenvalue weighted by atomic mass is 35.5. The number of amides is 1. The van der Waals surface area contributed by atoms with Crippen LogP contribution in [0.15, 0.2) is 0 Å². The third-order valence-electron chi connectivity index (χ3n) is 5.11. The van der Waals surface area contributed by atoms with Gasteiger partial charge in [-0.3, -0.25) is 4.79 Å². The van der Waals surface area contributed by atoms with Gasteiger partial charge >= 0.3 is 6.18 Å². The smallest absolute Gasteiger partial charge is 0.337 e. The fourth-order valence-corrected chi connectivity index (χ4v) is 3.73. The number of rotatable bonds is 3. The molecule has 1 atom stereocenters. The van der Waals surface area contributed by atoms with Crippen molar-refractivity contribution in [3.05, 3.63) is 0 Å². The molecule has 0 radical (unpaired) electrons. The van der Waals surface area contributed by atoms with Crippen LogP contribution in [-0.4, -0.2) is 42.2 Å². The summed E-state index contributed by atoms with van der Waals surface area (Å²) in [7, 11) is 0. The van der Waals surface area contributed by atoms with Gasteiger partial charge in [0.15, 0.2) is 0 Å². The van der Waals surface area contributed by atoms with Gasteiger partial charge < -0.3 is 10.2 Å². The molecule has 7 heteroatoms. The Hall–Kier alpha value is -0.490. The minimum absolute atomic E-state index is 0. The van der Waals surface area contributed by atoms with Crippen molar-refractivity contribution in [1.82, 2.24) is 10.2 Å². The lowest BCUT2D eigenvalue weighted by Gasteiger charge is -2.37. The minimum Gasteiger partial charge on any atom is -0.337 e. The van der Waals surface area contributed by atoms with E-state index < -0.39 is 17.6 Å². The summed E-state index contributed by atoms with van der Waals surface area (Å²) in [6.45, 7) is 5.26. The third kappa shape index (κ3) is 4.28. The van der Waals surface area contributed by atoms with Crippen LogP contribution in [-0.2, 0) is 4.79 Å². The molecule has 0 spiro atoms. The fraction of sp³-hybridized carbons (Fsp3) is 0.933. The summed E-state index contributed by atoms with van der Waals surface area (Å²) < 4.78 is 39.1. The van der Waals surface area contributed by atoms with Crippen LogP contribution in [0.5, 0.6) is 0 Å². The van der Waals surface area contributed by atoms with Crippen LogP contribution in [0.25, 0.3) is 0 Å². The molecule has 0 bridgehead atoms. The van der Waals surface area contributed by atoms with Gasteiger partial charge in [0.2, 0.25) is 5.91 Å². The third-order valence-corrected chi connectivity index (χ3v) is 5.11. The van der Waals surface area contributed by atoms with Crippen LogP contribution in [0.1, 0.15) is 46.0 Å². The monoisotopic (exact) mass is 342 g/mol. The zero-order valence-corrected chi connectivity index (χ0v) is 14.0. The van der Waals surface area contributed by atoms with Crippen LogP contribution in [0.4, 0.5) is 13.2 Å². The Morgan fingerprint density at radius 2 is 1.82 bits per heavy atom. The molecule has 2 rings (SSSR count). The zero-order valence-electron chi connectivity index (χ0n) is 13.2. The molecule has 1 unspecified atom stereocenters. The molecular formula is C15H26ClF3N2O. The van der Waals surface area contributed by atoms with Crippen molar-refractivity contribution >= 4 is 18.3 Å². The van der Waals surface area contributed by atoms with E-state index in [0.29, 0.717) is 12.3 Å². The van der Waals surface area contributed by atoms with Gasteiger partial charge in [-0.1, -0.05) is 0 Å². The van der Waals surface area contributed by atoms with Gasteiger partial charge in [-0.2, -0.15) is 13.2 Å². The lowest BCUT2D eigenvalue weighted by atomic mass is 9.87. The normalized spacial score (nSPS) is 25.9. The number of carbonyl (C=O) groups is 1. The molecule has 0 saturated carbocycles. The Morgan fingerprint density at radius 1 is 1.23 bits per heavy atom. The molecule has 130 valence electrons. The first-order valence-corrected chi connectivity index (χ1v) is 7.81. The van der Waals surface area contributed by atoms with Gasteiger partial charge in [0, 0.05) is 18.5 Å². The van der Waals surface area contributed by atoms with Crippen LogP contribution in [0, 0.1) is 11.8 Å². The lowest BCUT2D eigenvalue weighted by molar-refractivity contribution is -0.192. The van der Waals surface area contributed by atoms with E-state index in [1.807, 2.05) is 0 Å². The number of hydrogen-bond donors (Lipinski definition) is 1. The number of nitrogens with zero attached hydrogens (tertiary/aromatic N) is 1. The topological polar surface area (TPSA) is 32.3 Å². The van der Waals surface area contributed by atoms with E-state index >= 15 is 0 Å². The lowest BCUT2D eigenvalue weighted by Crippen LogP contribution is -2.49. The summed E-state index contributed by atoms with van der Waals surface area (Å²) in [6.07, 6.45) is -0.921. The number of likely N-dealkylation sites (tertiary alicyclic amines) is 1. The second-order valence-electron chi connectivity index (χ2n) is 6.81. The average Bonchev–Trinajstić information content (AvgIpc) is 2.72. The minimum atomic E-state index is -4.23. The number of halogens is 4. The molecule has 1 amide bonds. The molecular weight excluding hydrogens is 317 g/mol. The summed E-state index contributed by atoms with van der Waals surface area (Å²) in [5.41, 5.74) is -1.12. The Balaban J connectivity index is 0.00000242. The summed E-state index contributed by atoms with van der Waals surface area (Å²) in [5, 5.41) is 3.27. The molecule has 3 nitrogen and oxygen atoms in total. The van der Waals surface area contributed by atoms with Crippen LogP contribution >= 0.6 is 12.4 Å². The number of piperidine rings is 1. The van der Waals surface area contributed by atoms with Gasteiger partial charge in [0.25, 0.3) is 0 Å². The molecule has 0 aromatic rings. The maximum absolute atomic E-state index is 13.0. The van der Waals surface area contributed by atoms with Gasteiger partial charge in [-0.05, 0) is 58.5 Å². The quantitative estimate of drug-likeness (QED) is 0.852. The molecule has 0 aromatic heterocycles. The van der Waals surface area contributed by atoms with Crippen LogP contribution < -0.4 is 5.32 Å². The Morgan fingerprint density at radius 3 is 2.32 bits per heavy atom. The fourth-order valence-electron chi connectivity index (χ4n) is 3.73. The van der Waals surface area contributed by atoms with Crippen molar-refractivity contribution in [3.63, 3.8) is 0 Å². The summed E-state index contributed by atoms with van der Waals surface area (Å²) in [5.74, 6) is -1.00. The van der Waals surface area contributed by atoms with E-state index in [1.165, 1.54) is 4.90 Å². The number of carbonyl (C=O) groups excluding carboxylic acids is 1. The maximum Gasteiger partial charge on any atom is 0.394 e. The molecule has 2 aliphatic heterocycles. The number of hydrogen-bond acceptors (Lipinski definition) is 2. The Bertz CT molecular complexity index is 381. The molecule has 0 aromatic carbocycles. The molecule has 2 heterocycles. The van der Waals surface area contributed by atoms with E-state index in [2.05, 4.69) is 5.32 Å². The standard InChI is InChI=1S/C15H25F3N2O.ClH/c1-14(2)12(15(16,17)18)7-10-20(14)13(21)4-3-11-5-8-19-9-6-11;/h11-12,19H,3-10H2,1-2H3;1H. The largest absolute Gasteiger partial charge is 0.394 e. The highest BCUT2D eigenvalue weighted by molar-refractivity contribution is 5.85. The first kappa shape index (κ1) is 19.6. The van der Waals surface area contributed by atoms with Gasteiger partial charge in [0.1, 0.15) is 0 Å². The zero-order chi connectivity index (χ0) is 15.7. The van der Waals surface area contributed by atoms with E-state index in [0.717, 1.165) is 32.4 Å². The van der Waals surface area contributed by atoms with Crippen LogP contribution in [0.2, 0.25) is 0 Å². The SMILES string of the molecule is CC1(C)C(C(F)(F)F)CCN1C(=O)CCC1CCNCC1.Cl. The predicted molar refractivity (Wildman–Crippen MR) is 82.0 cm³/mol. The van der Waals surface area contributed by atoms with Gasteiger partial charge in [-0.15, -0.1) is 12.4 Å². The van der Waals surface area contributed by atoms with Gasteiger partial charge in [0.05, 0.1) is 5.92 Å². The second-order valence-corrected chi connectivity index (χ2v) is 6.81. The highest BCUT2D eigenvalue weighted by Crippen LogP contribution is 2.45.